The predicted molar refractivity (Wildman–Crippen MR) is 65.5 cm³/mol. The molecule has 2 nitrogen and oxygen atoms in total. The van der Waals surface area contributed by atoms with Crippen LogP contribution in [-0.2, 0) is 4.79 Å². The normalized spacial score (nSPS) is 11.4. The predicted octanol–water partition coefficient (Wildman–Crippen LogP) is 0.246. The maximum Gasteiger partial charge on any atom is 1.00 e. The van der Waals surface area contributed by atoms with E-state index in [1.165, 1.54) is 38.2 Å². The van der Waals surface area contributed by atoms with Crippen molar-refractivity contribution < 1.29 is 34.4 Å². The van der Waals surface area contributed by atoms with Gasteiger partial charge in [-0.05, 0) is 6.08 Å². The van der Waals surface area contributed by atoms with Crippen LogP contribution in [0.15, 0.2) is 12.7 Å². The van der Waals surface area contributed by atoms with Crippen molar-refractivity contribution in [3.63, 3.8) is 0 Å². The van der Waals surface area contributed by atoms with E-state index < -0.39 is 0 Å². The van der Waals surface area contributed by atoms with Gasteiger partial charge in [-0.1, -0.05) is 64.5 Å². The molecule has 88 valence electrons. The van der Waals surface area contributed by atoms with Gasteiger partial charge in [0.2, 0.25) is 5.91 Å². The molecule has 0 heterocycles. The van der Waals surface area contributed by atoms with E-state index in [2.05, 4.69) is 25.7 Å². The Hall–Kier alpha value is 0.210. The Bertz CT molecular complexity index is 183. The summed E-state index contributed by atoms with van der Waals surface area (Å²) in [7, 11) is 0. The third-order valence-corrected chi connectivity index (χ3v) is 2.44. The number of amides is 1. The van der Waals surface area contributed by atoms with Crippen molar-refractivity contribution in [2.75, 3.05) is 0 Å². The van der Waals surface area contributed by atoms with Crippen molar-refractivity contribution in [2.24, 2.45) is 0 Å². The fraction of sp³-hybridized carbons (Fsp3) is 0.692. The van der Waals surface area contributed by atoms with Gasteiger partial charge in [-0.25, -0.2) is 0 Å². The summed E-state index contributed by atoms with van der Waals surface area (Å²) in [5, 5.41) is 2.76. The first-order valence-electron chi connectivity index (χ1n) is 5.96. The number of carbonyl (C=O) groups is 1. The molecule has 1 unspecified atom stereocenters. The molecule has 0 rings (SSSR count). The Labute approximate surface area is 123 Å². The van der Waals surface area contributed by atoms with Crippen molar-refractivity contribution in [1.82, 2.24) is 5.32 Å². The van der Waals surface area contributed by atoms with Crippen molar-refractivity contribution in [3.05, 3.63) is 19.6 Å². The first-order chi connectivity index (χ1) is 7.20. The Morgan fingerprint density at radius 1 is 1.31 bits per heavy atom. The molecule has 0 saturated carbocycles. The van der Waals surface area contributed by atoms with E-state index in [4.69, 9.17) is 0 Å². The van der Waals surface area contributed by atoms with Crippen LogP contribution >= 0.6 is 0 Å². The summed E-state index contributed by atoms with van der Waals surface area (Å²) in [6, 6.07) is 0.0293. The molecule has 0 fully saturated rings. The van der Waals surface area contributed by atoms with Crippen LogP contribution in [0.2, 0.25) is 0 Å². The Morgan fingerprint density at radius 2 is 1.88 bits per heavy atom. The zero-order chi connectivity index (χ0) is 11.5. The van der Waals surface area contributed by atoms with E-state index in [1.54, 1.807) is 0 Å². The SMILES string of the molecule is C=CC(=O)NC([CH2-])CCCCCCCC.[Na+]. The summed E-state index contributed by atoms with van der Waals surface area (Å²) in [4.78, 5) is 10.9. The fourth-order valence-corrected chi connectivity index (χ4v) is 1.50. The second-order valence-corrected chi connectivity index (χ2v) is 3.97. The number of carbonyl (C=O) groups excluding carboxylic acids is 1. The van der Waals surface area contributed by atoms with Crippen molar-refractivity contribution >= 4 is 5.91 Å². The zero-order valence-corrected chi connectivity index (χ0v) is 12.9. The van der Waals surface area contributed by atoms with E-state index in [1.807, 2.05) is 0 Å². The van der Waals surface area contributed by atoms with Gasteiger partial charge in [-0.2, -0.15) is 0 Å². The van der Waals surface area contributed by atoms with Crippen LogP contribution in [0.1, 0.15) is 51.9 Å². The van der Waals surface area contributed by atoms with Gasteiger partial charge in [0, 0.05) is 0 Å². The van der Waals surface area contributed by atoms with Gasteiger partial charge in [-0.3, -0.25) is 4.79 Å². The number of nitrogens with one attached hydrogen (secondary N) is 1. The summed E-state index contributed by atoms with van der Waals surface area (Å²) in [6.45, 7) is 9.50. The van der Waals surface area contributed by atoms with Crippen LogP contribution in [0.3, 0.4) is 0 Å². The van der Waals surface area contributed by atoms with Crippen LogP contribution in [0.25, 0.3) is 0 Å². The number of unbranched alkanes of at least 4 members (excludes halogenated alkanes) is 5. The van der Waals surface area contributed by atoms with Crippen LogP contribution < -0.4 is 34.9 Å². The maximum absolute atomic E-state index is 10.9. The molecule has 0 radical (unpaired) electrons. The number of rotatable bonds is 9. The van der Waals surface area contributed by atoms with Crippen LogP contribution in [0.5, 0.6) is 0 Å². The Kier molecular flexibility index (Phi) is 15.4. The van der Waals surface area contributed by atoms with Crippen LogP contribution in [0.4, 0.5) is 0 Å². The molecule has 0 aliphatic carbocycles. The summed E-state index contributed by atoms with van der Waals surface area (Å²) in [5.74, 6) is -0.124. The maximum atomic E-state index is 10.9. The summed E-state index contributed by atoms with van der Waals surface area (Å²) >= 11 is 0. The Morgan fingerprint density at radius 3 is 2.44 bits per heavy atom. The minimum absolute atomic E-state index is 0. The number of hydrogen-bond donors (Lipinski definition) is 1. The average Bonchev–Trinajstić information content (AvgIpc) is 2.23. The number of hydrogen-bond acceptors (Lipinski definition) is 1. The zero-order valence-electron chi connectivity index (χ0n) is 10.9. The third kappa shape index (κ3) is 12.3. The van der Waals surface area contributed by atoms with Gasteiger partial charge >= 0.3 is 29.6 Å². The quantitative estimate of drug-likeness (QED) is 0.263. The van der Waals surface area contributed by atoms with Crippen molar-refractivity contribution in [1.29, 1.82) is 0 Å². The average molecular weight is 233 g/mol. The second-order valence-electron chi connectivity index (χ2n) is 3.97. The molecule has 0 aromatic carbocycles. The Balaban J connectivity index is 0. The van der Waals surface area contributed by atoms with Crippen molar-refractivity contribution in [2.45, 2.75) is 57.9 Å². The van der Waals surface area contributed by atoms with Gasteiger partial charge in [0.1, 0.15) is 0 Å². The smallest absolute Gasteiger partial charge is 0.380 e. The van der Waals surface area contributed by atoms with E-state index >= 15 is 0 Å². The molecule has 0 saturated heterocycles. The monoisotopic (exact) mass is 233 g/mol. The molecule has 3 heteroatoms. The largest absolute Gasteiger partial charge is 1.00 e. The molecule has 0 spiro atoms. The molecule has 0 aliphatic heterocycles. The first-order valence-corrected chi connectivity index (χ1v) is 5.96. The fourth-order valence-electron chi connectivity index (χ4n) is 1.50. The van der Waals surface area contributed by atoms with E-state index in [9.17, 15) is 4.79 Å². The minimum Gasteiger partial charge on any atom is -0.380 e. The van der Waals surface area contributed by atoms with E-state index in [0.717, 1.165) is 12.8 Å². The summed E-state index contributed by atoms with van der Waals surface area (Å²) in [6.07, 6.45) is 9.90. The molecular formula is C13H24NNaO. The standard InChI is InChI=1S/C13H24NO.Na/c1-4-6-7-8-9-10-11-12(3)14-13(15)5-2;/h5,12H,2-4,6-11H2,1H3,(H,14,15);/q-1;+1. The third-order valence-electron chi connectivity index (χ3n) is 2.44. The molecular weight excluding hydrogens is 209 g/mol. The van der Waals surface area contributed by atoms with Gasteiger partial charge in [0.05, 0.1) is 0 Å². The molecule has 16 heavy (non-hydrogen) atoms. The van der Waals surface area contributed by atoms with Crippen LogP contribution in [0, 0.1) is 6.92 Å². The molecule has 1 amide bonds. The van der Waals surface area contributed by atoms with E-state index in [-0.39, 0.29) is 41.5 Å². The summed E-state index contributed by atoms with van der Waals surface area (Å²) in [5.41, 5.74) is 0. The van der Waals surface area contributed by atoms with Gasteiger partial charge in [-0.15, -0.1) is 0 Å². The molecule has 0 aromatic rings. The molecule has 1 atom stereocenters. The van der Waals surface area contributed by atoms with E-state index in [0.29, 0.717) is 0 Å². The van der Waals surface area contributed by atoms with Gasteiger partial charge in [0.25, 0.3) is 0 Å². The first kappa shape index (κ1) is 18.6. The second kappa shape index (κ2) is 13.3. The molecule has 0 aliphatic rings. The topological polar surface area (TPSA) is 29.1 Å². The molecule has 1 N–H and O–H groups in total. The van der Waals surface area contributed by atoms with Gasteiger partial charge in [0.15, 0.2) is 0 Å². The van der Waals surface area contributed by atoms with Crippen molar-refractivity contribution in [3.8, 4) is 0 Å². The molecule has 0 bridgehead atoms. The molecule has 0 aromatic heterocycles. The summed E-state index contributed by atoms with van der Waals surface area (Å²) < 4.78 is 0. The van der Waals surface area contributed by atoms with Crippen LogP contribution in [-0.4, -0.2) is 11.9 Å². The van der Waals surface area contributed by atoms with Gasteiger partial charge < -0.3 is 12.2 Å². The minimum atomic E-state index is -0.124.